The number of aliphatic hydroxyl groups is 1. The van der Waals surface area contributed by atoms with E-state index in [-0.39, 0.29) is 12.2 Å². The van der Waals surface area contributed by atoms with Crippen LogP contribution in [0.25, 0.3) is 0 Å². The maximum absolute atomic E-state index is 11.3. The zero-order valence-corrected chi connectivity index (χ0v) is 11.5. The van der Waals surface area contributed by atoms with E-state index < -0.39 is 5.97 Å². The van der Waals surface area contributed by atoms with Crippen LogP contribution in [0.3, 0.4) is 0 Å². The number of nitrogens with two attached hydrogens (primary N) is 1. The van der Waals surface area contributed by atoms with E-state index in [9.17, 15) is 9.90 Å². The maximum atomic E-state index is 11.3. The molecule has 2 rings (SSSR count). The van der Waals surface area contributed by atoms with Gasteiger partial charge in [0.15, 0.2) is 0 Å². The summed E-state index contributed by atoms with van der Waals surface area (Å²) >= 11 is 0. The van der Waals surface area contributed by atoms with Crippen molar-refractivity contribution in [2.24, 2.45) is 0 Å². The fourth-order valence-electron chi connectivity index (χ4n) is 2.57. The molecule has 4 N–H and O–H groups in total. The largest absolute Gasteiger partial charge is 0.478 e. The molecule has 0 bridgehead atoms. The van der Waals surface area contributed by atoms with Crippen LogP contribution in [0.2, 0.25) is 0 Å². The lowest BCUT2D eigenvalue weighted by molar-refractivity contribution is 0.0697. The molecule has 0 saturated carbocycles. The first-order valence-electron chi connectivity index (χ1n) is 6.83. The summed E-state index contributed by atoms with van der Waals surface area (Å²) in [6.45, 7) is 4.08. The zero-order valence-electron chi connectivity index (χ0n) is 11.5. The lowest BCUT2D eigenvalue weighted by atomic mass is 10.1. The standard InChI is InChI=1S/C14H21N3O3/c15-11-2-3-12(14(19)20)13(10-11)17-5-1-4-16(6-7-17)8-9-18/h2-3,10,18H,1,4-9,15H2,(H,19,20). The van der Waals surface area contributed by atoms with Crippen molar-refractivity contribution in [3.05, 3.63) is 23.8 Å². The molecule has 0 spiro atoms. The molecule has 1 saturated heterocycles. The van der Waals surface area contributed by atoms with Crippen LogP contribution in [0, 0.1) is 0 Å². The quantitative estimate of drug-likeness (QED) is 0.694. The van der Waals surface area contributed by atoms with Crippen molar-refractivity contribution >= 4 is 17.3 Å². The predicted octanol–water partition coefficient (Wildman–Crippen LogP) is 0.471. The van der Waals surface area contributed by atoms with Crippen LogP contribution in [0.15, 0.2) is 18.2 Å². The van der Waals surface area contributed by atoms with Gasteiger partial charge in [0, 0.05) is 31.9 Å². The number of rotatable bonds is 4. The number of aliphatic hydroxyl groups excluding tert-OH is 1. The van der Waals surface area contributed by atoms with Gasteiger partial charge in [0.1, 0.15) is 0 Å². The molecule has 110 valence electrons. The highest BCUT2D eigenvalue weighted by Gasteiger charge is 2.19. The number of carbonyl (C=O) groups is 1. The maximum Gasteiger partial charge on any atom is 0.337 e. The van der Waals surface area contributed by atoms with Crippen molar-refractivity contribution in [1.29, 1.82) is 0 Å². The molecule has 1 heterocycles. The molecule has 1 aromatic rings. The Morgan fingerprint density at radius 3 is 2.75 bits per heavy atom. The van der Waals surface area contributed by atoms with Crippen LogP contribution in [-0.2, 0) is 0 Å². The third kappa shape index (κ3) is 3.40. The molecule has 0 unspecified atom stereocenters. The van der Waals surface area contributed by atoms with Gasteiger partial charge in [0.25, 0.3) is 0 Å². The first-order chi connectivity index (χ1) is 9.61. The minimum absolute atomic E-state index is 0.151. The normalized spacial score (nSPS) is 16.9. The molecule has 0 amide bonds. The van der Waals surface area contributed by atoms with Crippen LogP contribution < -0.4 is 10.6 Å². The SMILES string of the molecule is Nc1ccc(C(=O)O)c(N2CCCN(CCO)CC2)c1. The van der Waals surface area contributed by atoms with E-state index in [1.54, 1.807) is 18.2 Å². The number of nitrogen functional groups attached to an aromatic ring is 1. The minimum Gasteiger partial charge on any atom is -0.478 e. The molecule has 6 heteroatoms. The third-order valence-electron chi connectivity index (χ3n) is 3.60. The highest BCUT2D eigenvalue weighted by atomic mass is 16.4. The van der Waals surface area contributed by atoms with E-state index in [0.717, 1.165) is 32.6 Å². The number of carboxylic acid groups (broad SMARTS) is 1. The second-order valence-electron chi connectivity index (χ2n) is 4.99. The van der Waals surface area contributed by atoms with E-state index in [1.807, 2.05) is 0 Å². The zero-order chi connectivity index (χ0) is 14.5. The van der Waals surface area contributed by atoms with Gasteiger partial charge in [0.2, 0.25) is 0 Å². The van der Waals surface area contributed by atoms with Gasteiger partial charge >= 0.3 is 5.97 Å². The molecule has 0 aliphatic carbocycles. The van der Waals surface area contributed by atoms with Crippen LogP contribution >= 0.6 is 0 Å². The number of hydrogen-bond donors (Lipinski definition) is 3. The second-order valence-corrected chi connectivity index (χ2v) is 4.99. The summed E-state index contributed by atoms with van der Waals surface area (Å²) in [5.41, 5.74) is 7.33. The van der Waals surface area contributed by atoms with E-state index >= 15 is 0 Å². The average Bonchev–Trinajstić information content (AvgIpc) is 2.64. The van der Waals surface area contributed by atoms with E-state index in [2.05, 4.69) is 9.80 Å². The number of hydrogen-bond acceptors (Lipinski definition) is 5. The van der Waals surface area contributed by atoms with Crippen molar-refractivity contribution in [2.45, 2.75) is 6.42 Å². The van der Waals surface area contributed by atoms with Crippen molar-refractivity contribution in [3.63, 3.8) is 0 Å². The van der Waals surface area contributed by atoms with Gasteiger partial charge in [-0.3, -0.25) is 4.90 Å². The summed E-state index contributed by atoms with van der Waals surface area (Å²) in [4.78, 5) is 15.6. The Kier molecular flexibility index (Phi) is 4.81. The molecule has 0 atom stereocenters. The Hall–Kier alpha value is -1.79. The number of carboxylic acids is 1. The van der Waals surface area contributed by atoms with Crippen LogP contribution in [-0.4, -0.2) is 60.4 Å². The highest BCUT2D eigenvalue weighted by molar-refractivity contribution is 5.95. The highest BCUT2D eigenvalue weighted by Crippen LogP contribution is 2.25. The Morgan fingerprint density at radius 1 is 1.25 bits per heavy atom. The van der Waals surface area contributed by atoms with Crippen LogP contribution in [0.5, 0.6) is 0 Å². The molecule has 0 radical (unpaired) electrons. The van der Waals surface area contributed by atoms with Gasteiger partial charge in [-0.25, -0.2) is 4.79 Å². The van der Waals surface area contributed by atoms with E-state index in [1.165, 1.54) is 0 Å². The Labute approximate surface area is 118 Å². The fraction of sp³-hybridized carbons (Fsp3) is 0.500. The monoisotopic (exact) mass is 279 g/mol. The number of β-amino-alcohol motifs (C(OH)–C–C–N with tert-alkyl or cyclic N) is 1. The summed E-state index contributed by atoms with van der Waals surface area (Å²) in [5.74, 6) is -0.934. The lowest BCUT2D eigenvalue weighted by Crippen LogP contribution is -2.33. The first kappa shape index (κ1) is 14.6. The summed E-state index contributed by atoms with van der Waals surface area (Å²) in [6.07, 6.45) is 0.938. The van der Waals surface area contributed by atoms with Gasteiger partial charge in [-0.2, -0.15) is 0 Å². The Bertz CT molecular complexity index is 479. The summed E-state index contributed by atoms with van der Waals surface area (Å²) in [7, 11) is 0. The van der Waals surface area contributed by atoms with Crippen molar-refractivity contribution in [2.75, 3.05) is 50.0 Å². The molecule has 20 heavy (non-hydrogen) atoms. The van der Waals surface area contributed by atoms with Crippen LogP contribution in [0.4, 0.5) is 11.4 Å². The molecule has 1 aliphatic heterocycles. The number of anilines is 2. The summed E-state index contributed by atoms with van der Waals surface area (Å²) in [6, 6.07) is 4.90. The minimum atomic E-state index is -0.934. The van der Waals surface area contributed by atoms with Crippen LogP contribution in [0.1, 0.15) is 16.8 Å². The van der Waals surface area contributed by atoms with Crippen molar-refractivity contribution in [3.8, 4) is 0 Å². The number of benzene rings is 1. The molecule has 6 nitrogen and oxygen atoms in total. The molecule has 0 aromatic heterocycles. The Balaban J connectivity index is 2.18. The first-order valence-corrected chi connectivity index (χ1v) is 6.83. The molecule has 1 fully saturated rings. The fourth-order valence-corrected chi connectivity index (χ4v) is 2.57. The second kappa shape index (κ2) is 6.58. The molecule has 1 aromatic carbocycles. The topological polar surface area (TPSA) is 90.0 Å². The van der Waals surface area contributed by atoms with E-state index in [4.69, 9.17) is 10.8 Å². The molecular formula is C14H21N3O3. The summed E-state index contributed by atoms with van der Waals surface area (Å²) < 4.78 is 0. The summed E-state index contributed by atoms with van der Waals surface area (Å²) in [5, 5.41) is 18.3. The van der Waals surface area contributed by atoms with Crippen molar-refractivity contribution in [1.82, 2.24) is 4.90 Å². The Morgan fingerprint density at radius 2 is 2.05 bits per heavy atom. The van der Waals surface area contributed by atoms with Crippen molar-refractivity contribution < 1.29 is 15.0 Å². The third-order valence-corrected chi connectivity index (χ3v) is 3.60. The van der Waals surface area contributed by atoms with E-state index in [0.29, 0.717) is 17.9 Å². The van der Waals surface area contributed by atoms with Gasteiger partial charge in [-0.15, -0.1) is 0 Å². The number of nitrogens with zero attached hydrogens (tertiary/aromatic N) is 2. The lowest BCUT2D eigenvalue weighted by Gasteiger charge is -2.25. The number of aromatic carboxylic acids is 1. The average molecular weight is 279 g/mol. The van der Waals surface area contributed by atoms with Gasteiger partial charge in [-0.1, -0.05) is 0 Å². The molecular weight excluding hydrogens is 258 g/mol. The smallest absolute Gasteiger partial charge is 0.337 e. The van der Waals surface area contributed by atoms with Gasteiger partial charge < -0.3 is 20.8 Å². The predicted molar refractivity (Wildman–Crippen MR) is 78.2 cm³/mol. The van der Waals surface area contributed by atoms with Gasteiger partial charge in [0.05, 0.1) is 17.9 Å². The molecule has 1 aliphatic rings. The van der Waals surface area contributed by atoms with Gasteiger partial charge in [-0.05, 0) is 31.2 Å².